The van der Waals surface area contributed by atoms with E-state index in [0.29, 0.717) is 0 Å². The maximum absolute atomic E-state index is 6.63. The van der Waals surface area contributed by atoms with Crippen LogP contribution in [0.15, 0.2) is 288 Å². The molecular weight excluding hydrogens is 1000 g/mol. The van der Waals surface area contributed by atoms with Gasteiger partial charge in [0.05, 0.1) is 33.4 Å². The van der Waals surface area contributed by atoms with E-state index in [2.05, 4.69) is 286 Å². The third-order valence-corrected chi connectivity index (χ3v) is 17.2. The Hall–Kier alpha value is -11.1. The summed E-state index contributed by atoms with van der Waals surface area (Å²) in [7, 11) is 0. The molecular formula is C76H46N4O2. The van der Waals surface area contributed by atoms with Crippen LogP contribution in [0, 0.1) is 0 Å². The van der Waals surface area contributed by atoms with Crippen molar-refractivity contribution >= 4 is 143 Å². The minimum absolute atomic E-state index is 0.842. The number of benzene rings is 14. The lowest BCUT2D eigenvalue weighted by Gasteiger charge is -2.28. The fraction of sp³-hybridized carbons (Fsp3) is 0. The smallest absolute Gasteiger partial charge is 0.137 e. The van der Waals surface area contributed by atoms with Crippen molar-refractivity contribution in [3.05, 3.63) is 279 Å². The number of aromatic nitrogens is 2. The number of furan rings is 2. The summed E-state index contributed by atoms with van der Waals surface area (Å²) < 4.78 is 18.1. The summed E-state index contributed by atoms with van der Waals surface area (Å²) in [6.07, 6.45) is 0. The van der Waals surface area contributed by atoms with Gasteiger partial charge in [0.25, 0.3) is 0 Å². The van der Waals surface area contributed by atoms with Gasteiger partial charge < -0.3 is 27.8 Å². The molecule has 0 saturated heterocycles. The van der Waals surface area contributed by atoms with Crippen LogP contribution in [0.1, 0.15) is 0 Å². The average Bonchev–Trinajstić information content (AvgIpc) is 4.37. The molecule has 18 aromatic rings. The molecule has 0 N–H and O–H groups in total. The lowest BCUT2D eigenvalue weighted by molar-refractivity contribution is 0.668. The van der Waals surface area contributed by atoms with E-state index in [0.717, 1.165) is 101 Å². The first-order chi connectivity index (χ1) is 40.7. The van der Waals surface area contributed by atoms with Crippen molar-refractivity contribution in [1.29, 1.82) is 0 Å². The second-order valence-corrected chi connectivity index (χ2v) is 21.6. The summed E-state index contributed by atoms with van der Waals surface area (Å²) >= 11 is 0. The molecule has 0 atom stereocenters. The quantitative estimate of drug-likeness (QED) is 0.135. The van der Waals surface area contributed by atoms with Gasteiger partial charge >= 0.3 is 0 Å². The summed E-state index contributed by atoms with van der Waals surface area (Å²) in [6, 6.07) is 101. The van der Waals surface area contributed by atoms with Crippen LogP contribution in [-0.2, 0) is 0 Å². The van der Waals surface area contributed by atoms with Gasteiger partial charge in [0, 0.05) is 100 Å². The molecule has 0 radical (unpaired) electrons. The van der Waals surface area contributed by atoms with Crippen molar-refractivity contribution < 1.29 is 8.83 Å². The van der Waals surface area contributed by atoms with Crippen LogP contribution in [0.4, 0.5) is 34.1 Å². The molecule has 0 saturated carbocycles. The molecule has 4 heterocycles. The number of hydrogen-bond donors (Lipinski definition) is 0. The molecule has 0 bridgehead atoms. The van der Waals surface area contributed by atoms with Crippen LogP contribution in [0.25, 0.3) is 132 Å². The molecule has 4 aromatic heterocycles. The number of fused-ring (bicyclic) bond motifs is 6. The van der Waals surface area contributed by atoms with Crippen molar-refractivity contribution in [2.45, 2.75) is 0 Å². The SMILES string of the molecule is c1ccc(-n2c3cccc4ccc5c(N(c6cccc(-c7cccc(N(c8ccc9c(c8)oc8ccccc89)c8ccc9c%10c8ccc8cccc(c8%10)n9-c8ccccc8)c7)c6)c6ccc7c(c6)oc6ccccc67)ccc2c5c43)cc1. The standard InChI is InChI=1S/C76H46N4O2/c1-3-19-51(20-4-1)79-65-27-13-15-47-31-35-61-63(39-41-67(79)75(61)73(47)65)77(55-33-37-59-57-25-7-9-29-69(57)81-71(59)45-55)53-23-11-17-49(43-53)50-18-12-24-54(44-50)78(56-34-38-60-58-26-8-10-30-70(58)82-72(60)46-56)64-40-42-68-76-62(64)36-32-48-16-14-28-66(74(48)76)80(68)52-21-5-2-6-22-52/h1-46H. The monoisotopic (exact) mass is 1050 g/mol. The molecule has 18 rings (SSSR count). The first-order valence-electron chi connectivity index (χ1n) is 28.0. The van der Waals surface area contributed by atoms with E-state index >= 15 is 0 Å². The average molecular weight is 1050 g/mol. The van der Waals surface area contributed by atoms with Crippen molar-refractivity contribution in [2.24, 2.45) is 0 Å². The Bertz CT molecular complexity index is 5200. The molecule has 0 spiro atoms. The maximum Gasteiger partial charge on any atom is 0.137 e. The summed E-state index contributed by atoms with van der Waals surface area (Å²) in [6.45, 7) is 0. The third-order valence-electron chi connectivity index (χ3n) is 17.2. The van der Waals surface area contributed by atoms with E-state index in [9.17, 15) is 0 Å². The fourth-order valence-corrected chi connectivity index (χ4v) is 13.7. The predicted octanol–water partition coefficient (Wildman–Crippen LogP) is 21.5. The zero-order chi connectivity index (χ0) is 53.6. The number of rotatable bonds is 9. The lowest BCUT2D eigenvalue weighted by Crippen LogP contribution is -2.11. The Morgan fingerprint density at radius 3 is 1.11 bits per heavy atom. The summed E-state index contributed by atoms with van der Waals surface area (Å²) in [4.78, 5) is 4.83. The molecule has 0 aliphatic rings. The van der Waals surface area contributed by atoms with Crippen LogP contribution < -0.4 is 9.80 Å². The van der Waals surface area contributed by atoms with Crippen LogP contribution >= 0.6 is 0 Å². The number of anilines is 6. The molecule has 6 heteroatoms. The van der Waals surface area contributed by atoms with E-state index in [-0.39, 0.29) is 0 Å². The van der Waals surface area contributed by atoms with Crippen LogP contribution in [0.2, 0.25) is 0 Å². The van der Waals surface area contributed by atoms with E-state index in [1.54, 1.807) is 0 Å². The third kappa shape index (κ3) is 6.51. The Morgan fingerprint density at radius 1 is 0.244 bits per heavy atom. The van der Waals surface area contributed by atoms with Crippen LogP contribution in [-0.4, -0.2) is 9.13 Å². The Kier molecular flexibility index (Phi) is 9.41. The van der Waals surface area contributed by atoms with Crippen LogP contribution in [0.3, 0.4) is 0 Å². The van der Waals surface area contributed by atoms with Gasteiger partial charge in [0.2, 0.25) is 0 Å². The largest absolute Gasteiger partial charge is 0.456 e. The Balaban J connectivity index is 0.834. The number of hydrogen-bond acceptors (Lipinski definition) is 4. The van der Waals surface area contributed by atoms with Crippen molar-refractivity contribution in [2.75, 3.05) is 9.80 Å². The first kappa shape index (κ1) is 44.9. The summed E-state index contributed by atoms with van der Waals surface area (Å²) in [5.74, 6) is 0. The second kappa shape index (κ2) is 17.2. The Labute approximate surface area is 470 Å². The molecule has 14 aromatic carbocycles. The van der Waals surface area contributed by atoms with Gasteiger partial charge in [-0.3, -0.25) is 0 Å². The minimum Gasteiger partial charge on any atom is -0.456 e. The second-order valence-electron chi connectivity index (χ2n) is 21.6. The highest BCUT2D eigenvalue weighted by atomic mass is 16.3. The lowest BCUT2D eigenvalue weighted by atomic mass is 9.98. The molecule has 0 amide bonds. The summed E-state index contributed by atoms with van der Waals surface area (Å²) in [5, 5.41) is 14.1. The highest BCUT2D eigenvalue weighted by Crippen LogP contribution is 2.50. The molecule has 6 nitrogen and oxygen atoms in total. The molecule has 0 unspecified atom stereocenters. The molecule has 0 fully saturated rings. The first-order valence-corrected chi connectivity index (χ1v) is 28.0. The number of para-hydroxylation sites is 4. The zero-order valence-corrected chi connectivity index (χ0v) is 44.2. The van der Waals surface area contributed by atoms with Gasteiger partial charge in [-0.1, -0.05) is 146 Å². The Morgan fingerprint density at radius 2 is 0.634 bits per heavy atom. The number of nitrogens with zero attached hydrogens (tertiary/aromatic N) is 4. The highest BCUT2D eigenvalue weighted by molar-refractivity contribution is 6.28. The fourth-order valence-electron chi connectivity index (χ4n) is 13.7. The zero-order valence-electron chi connectivity index (χ0n) is 44.2. The predicted molar refractivity (Wildman–Crippen MR) is 342 cm³/mol. The van der Waals surface area contributed by atoms with E-state index in [1.165, 1.54) is 65.2 Å². The minimum atomic E-state index is 0.842. The van der Waals surface area contributed by atoms with E-state index < -0.39 is 0 Å². The van der Waals surface area contributed by atoms with Crippen LogP contribution in [0.5, 0.6) is 0 Å². The topological polar surface area (TPSA) is 42.6 Å². The van der Waals surface area contributed by atoms with Crippen molar-refractivity contribution in [3.8, 4) is 22.5 Å². The van der Waals surface area contributed by atoms with E-state index in [4.69, 9.17) is 8.83 Å². The van der Waals surface area contributed by atoms with Gasteiger partial charge in [-0.25, -0.2) is 0 Å². The molecule has 0 aliphatic heterocycles. The molecule has 0 aliphatic carbocycles. The van der Waals surface area contributed by atoms with Gasteiger partial charge in [0.1, 0.15) is 22.3 Å². The van der Waals surface area contributed by atoms with Gasteiger partial charge in [-0.2, -0.15) is 0 Å². The van der Waals surface area contributed by atoms with Gasteiger partial charge in [-0.15, -0.1) is 0 Å². The highest BCUT2D eigenvalue weighted by Gasteiger charge is 2.26. The normalized spacial score (nSPS) is 12.1. The molecule has 82 heavy (non-hydrogen) atoms. The summed E-state index contributed by atoms with van der Waals surface area (Å²) in [5.41, 5.74) is 18.8. The van der Waals surface area contributed by atoms with Gasteiger partial charge in [0.15, 0.2) is 0 Å². The van der Waals surface area contributed by atoms with Gasteiger partial charge in [-0.05, 0) is 143 Å². The van der Waals surface area contributed by atoms with Crippen molar-refractivity contribution in [1.82, 2.24) is 9.13 Å². The van der Waals surface area contributed by atoms with E-state index in [1.807, 2.05) is 12.1 Å². The molecule has 382 valence electrons. The van der Waals surface area contributed by atoms with Crippen molar-refractivity contribution in [3.63, 3.8) is 0 Å². The maximum atomic E-state index is 6.63.